The lowest BCUT2D eigenvalue weighted by Crippen LogP contribution is -2.24. The summed E-state index contributed by atoms with van der Waals surface area (Å²) in [6.07, 6.45) is 1.48. The first-order chi connectivity index (χ1) is 12.7. The Morgan fingerprint density at radius 3 is 2.42 bits per heavy atom. The van der Waals surface area contributed by atoms with Gasteiger partial charge in [0.15, 0.2) is 18.1 Å². The van der Waals surface area contributed by atoms with Gasteiger partial charge < -0.3 is 18.9 Å². The maximum atomic E-state index is 11.9. The van der Waals surface area contributed by atoms with Gasteiger partial charge in [0.05, 0.1) is 27.0 Å². The lowest BCUT2D eigenvalue weighted by atomic mass is 10.2. The van der Waals surface area contributed by atoms with Crippen molar-refractivity contribution < 1.29 is 23.7 Å². The second-order valence-corrected chi connectivity index (χ2v) is 5.07. The molecule has 0 aliphatic rings. The number of nitrogens with zero attached hydrogens (tertiary/aromatic N) is 1. The van der Waals surface area contributed by atoms with E-state index in [9.17, 15) is 4.79 Å². The van der Waals surface area contributed by atoms with E-state index in [4.69, 9.17) is 18.9 Å². The fourth-order valence-corrected chi connectivity index (χ4v) is 2.13. The predicted molar refractivity (Wildman–Crippen MR) is 98.4 cm³/mol. The number of hydrogen-bond donors (Lipinski definition) is 1. The number of benzene rings is 2. The average Bonchev–Trinajstić information content (AvgIpc) is 2.67. The number of carbonyl (C=O) groups excluding carboxylic acids is 1. The van der Waals surface area contributed by atoms with Crippen LogP contribution in [0.15, 0.2) is 47.6 Å². The molecule has 0 aliphatic heterocycles. The highest BCUT2D eigenvalue weighted by molar-refractivity contribution is 5.86. The molecule has 0 aliphatic carbocycles. The number of methoxy groups -OCH3 is 2. The number of hydrazone groups is 1. The Kier molecular flexibility index (Phi) is 7.30. The van der Waals surface area contributed by atoms with Gasteiger partial charge in [-0.2, -0.15) is 5.10 Å². The standard InChI is InChI=1S/C19H22N2O5/c1-4-25-17-7-5-6-8-18(17)26-13-19(22)21-20-12-14-11-15(23-2)9-10-16(14)24-3/h5-12H,4,13H2,1-3H3,(H,21,22). The van der Waals surface area contributed by atoms with Crippen LogP contribution in [0.2, 0.25) is 0 Å². The molecule has 2 aromatic rings. The molecule has 0 saturated heterocycles. The molecule has 0 radical (unpaired) electrons. The summed E-state index contributed by atoms with van der Waals surface area (Å²) >= 11 is 0. The van der Waals surface area contributed by atoms with Crippen molar-refractivity contribution in [3.8, 4) is 23.0 Å². The summed E-state index contributed by atoms with van der Waals surface area (Å²) in [7, 11) is 3.13. The van der Waals surface area contributed by atoms with Gasteiger partial charge in [-0.15, -0.1) is 0 Å². The first-order valence-electron chi connectivity index (χ1n) is 8.06. The molecule has 138 valence electrons. The SMILES string of the molecule is CCOc1ccccc1OCC(=O)NN=Cc1cc(OC)ccc1OC. The summed E-state index contributed by atoms with van der Waals surface area (Å²) in [4.78, 5) is 11.9. The van der Waals surface area contributed by atoms with Crippen molar-refractivity contribution in [3.63, 3.8) is 0 Å². The summed E-state index contributed by atoms with van der Waals surface area (Å²) in [5, 5.41) is 3.93. The quantitative estimate of drug-likeness (QED) is 0.551. The lowest BCUT2D eigenvalue weighted by molar-refractivity contribution is -0.123. The molecule has 1 amide bonds. The molecule has 0 fully saturated rings. The van der Waals surface area contributed by atoms with E-state index < -0.39 is 5.91 Å². The zero-order valence-electron chi connectivity index (χ0n) is 15.0. The van der Waals surface area contributed by atoms with Gasteiger partial charge in [0.25, 0.3) is 5.91 Å². The molecule has 0 heterocycles. The Hall–Kier alpha value is -3.22. The lowest BCUT2D eigenvalue weighted by Gasteiger charge is -2.10. The maximum absolute atomic E-state index is 11.9. The Morgan fingerprint density at radius 2 is 1.77 bits per heavy atom. The van der Waals surface area contributed by atoms with Gasteiger partial charge in [0.2, 0.25) is 0 Å². The van der Waals surface area contributed by atoms with Crippen molar-refractivity contribution in [1.82, 2.24) is 5.43 Å². The van der Waals surface area contributed by atoms with Crippen molar-refractivity contribution in [3.05, 3.63) is 48.0 Å². The average molecular weight is 358 g/mol. The van der Waals surface area contributed by atoms with Gasteiger partial charge >= 0.3 is 0 Å². The second-order valence-electron chi connectivity index (χ2n) is 5.07. The number of rotatable bonds is 9. The van der Waals surface area contributed by atoms with Crippen LogP contribution in [-0.4, -0.2) is 39.6 Å². The molecule has 2 rings (SSSR count). The Morgan fingerprint density at radius 1 is 1.04 bits per heavy atom. The van der Waals surface area contributed by atoms with Crippen molar-refractivity contribution in [2.24, 2.45) is 5.10 Å². The number of amides is 1. The molecular formula is C19H22N2O5. The van der Waals surface area contributed by atoms with Crippen molar-refractivity contribution >= 4 is 12.1 Å². The smallest absolute Gasteiger partial charge is 0.277 e. The predicted octanol–water partition coefficient (Wildman–Crippen LogP) is 2.63. The topological polar surface area (TPSA) is 78.4 Å². The molecule has 0 spiro atoms. The van der Waals surface area contributed by atoms with E-state index >= 15 is 0 Å². The minimum Gasteiger partial charge on any atom is -0.497 e. The van der Waals surface area contributed by atoms with Gasteiger partial charge in [-0.05, 0) is 37.3 Å². The number of nitrogens with one attached hydrogen (secondary N) is 1. The summed E-state index contributed by atoms with van der Waals surface area (Å²) in [5.41, 5.74) is 3.09. The molecule has 26 heavy (non-hydrogen) atoms. The molecule has 7 heteroatoms. The van der Waals surface area contributed by atoms with Crippen molar-refractivity contribution in [1.29, 1.82) is 0 Å². The van der Waals surface area contributed by atoms with Gasteiger partial charge in [0, 0.05) is 5.56 Å². The number of carbonyl (C=O) groups is 1. The summed E-state index contributed by atoms with van der Waals surface area (Å²) in [5.74, 6) is 1.98. The summed E-state index contributed by atoms with van der Waals surface area (Å²) < 4.78 is 21.3. The van der Waals surface area contributed by atoms with E-state index in [2.05, 4.69) is 10.5 Å². The monoisotopic (exact) mass is 358 g/mol. The van der Waals surface area contributed by atoms with Crippen LogP contribution < -0.4 is 24.4 Å². The van der Waals surface area contributed by atoms with E-state index in [-0.39, 0.29) is 6.61 Å². The van der Waals surface area contributed by atoms with Crippen LogP contribution in [0.1, 0.15) is 12.5 Å². The van der Waals surface area contributed by atoms with Crippen molar-refractivity contribution in [2.75, 3.05) is 27.4 Å². The van der Waals surface area contributed by atoms with Crippen LogP contribution in [0.4, 0.5) is 0 Å². The highest BCUT2D eigenvalue weighted by Crippen LogP contribution is 2.26. The molecule has 0 aromatic heterocycles. The van der Waals surface area contributed by atoms with Crippen LogP contribution in [0.25, 0.3) is 0 Å². The Labute approximate surface area is 152 Å². The van der Waals surface area contributed by atoms with Gasteiger partial charge in [-0.3, -0.25) is 4.79 Å². The molecule has 2 aromatic carbocycles. The number of ether oxygens (including phenoxy) is 4. The third-order valence-corrected chi connectivity index (χ3v) is 3.34. The number of para-hydroxylation sites is 2. The minimum atomic E-state index is -0.394. The molecule has 7 nitrogen and oxygen atoms in total. The largest absolute Gasteiger partial charge is 0.497 e. The van der Waals surface area contributed by atoms with Crippen LogP contribution in [0.5, 0.6) is 23.0 Å². The molecule has 1 N–H and O–H groups in total. The fourth-order valence-electron chi connectivity index (χ4n) is 2.13. The molecule has 0 saturated carbocycles. The number of hydrogen-bond acceptors (Lipinski definition) is 6. The first kappa shape index (κ1) is 19.1. The van der Waals surface area contributed by atoms with Gasteiger partial charge in [-0.25, -0.2) is 5.43 Å². The van der Waals surface area contributed by atoms with E-state index in [0.717, 1.165) is 0 Å². The Balaban J connectivity index is 1.92. The molecule has 0 atom stereocenters. The van der Waals surface area contributed by atoms with E-state index in [1.54, 1.807) is 44.6 Å². The van der Waals surface area contributed by atoms with Crippen molar-refractivity contribution in [2.45, 2.75) is 6.92 Å². The zero-order valence-corrected chi connectivity index (χ0v) is 15.0. The highest BCUT2D eigenvalue weighted by Gasteiger charge is 2.07. The molecule has 0 bridgehead atoms. The summed E-state index contributed by atoms with van der Waals surface area (Å²) in [6, 6.07) is 12.5. The normalized spacial score (nSPS) is 10.4. The molecule has 0 unspecified atom stereocenters. The third kappa shape index (κ3) is 5.41. The maximum Gasteiger partial charge on any atom is 0.277 e. The van der Waals surface area contributed by atoms with E-state index in [1.807, 2.05) is 19.1 Å². The second kappa shape index (κ2) is 9.93. The highest BCUT2D eigenvalue weighted by atomic mass is 16.5. The third-order valence-electron chi connectivity index (χ3n) is 3.34. The van der Waals surface area contributed by atoms with Gasteiger partial charge in [-0.1, -0.05) is 12.1 Å². The first-order valence-corrected chi connectivity index (χ1v) is 8.06. The van der Waals surface area contributed by atoms with Gasteiger partial charge in [0.1, 0.15) is 11.5 Å². The molecular weight excluding hydrogens is 336 g/mol. The van der Waals surface area contributed by atoms with E-state index in [0.29, 0.717) is 35.2 Å². The minimum absolute atomic E-state index is 0.184. The van der Waals surface area contributed by atoms with Crippen LogP contribution >= 0.6 is 0 Å². The fraction of sp³-hybridized carbons (Fsp3) is 0.263. The summed E-state index contributed by atoms with van der Waals surface area (Å²) in [6.45, 7) is 2.21. The Bertz CT molecular complexity index is 761. The van der Waals surface area contributed by atoms with Crippen LogP contribution in [0, 0.1) is 0 Å². The van der Waals surface area contributed by atoms with Crippen LogP contribution in [-0.2, 0) is 4.79 Å². The zero-order chi connectivity index (χ0) is 18.8. The van der Waals surface area contributed by atoms with E-state index in [1.165, 1.54) is 6.21 Å². The van der Waals surface area contributed by atoms with Crippen LogP contribution in [0.3, 0.4) is 0 Å².